The van der Waals surface area contributed by atoms with Crippen LogP contribution in [0, 0.1) is 12.8 Å². The van der Waals surface area contributed by atoms with E-state index >= 15 is 0 Å². The van der Waals surface area contributed by atoms with Gasteiger partial charge in [-0.2, -0.15) is 0 Å². The van der Waals surface area contributed by atoms with Crippen molar-refractivity contribution in [3.8, 4) is 0 Å². The molecule has 1 nitrogen and oxygen atoms in total. The van der Waals surface area contributed by atoms with Crippen LogP contribution in [0.4, 0.5) is 0 Å². The lowest BCUT2D eigenvalue weighted by Crippen LogP contribution is -2.02. The van der Waals surface area contributed by atoms with Crippen molar-refractivity contribution in [2.24, 2.45) is 11.7 Å². The summed E-state index contributed by atoms with van der Waals surface area (Å²) in [5.41, 5.74) is 8.24. The summed E-state index contributed by atoms with van der Waals surface area (Å²) in [7, 11) is 0. The van der Waals surface area contributed by atoms with Gasteiger partial charge < -0.3 is 5.73 Å². The van der Waals surface area contributed by atoms with Crippen molar-refractivity contribution in [3.63, 3.8) is 0 Å². The zero-order chi connectivity index (χ0) is 9.42. The quantitative estimate of drug-likeness (QED) is 0.772. The van der Waals surface area contributed by atoms with Crippen LogP contribution in [0.25, 0.3) is 0 Å². The standard InChI is InChI=1S/C11H14ClN/c1-7-3-2-4-10(12)11(7)9-5-8(9)6-13/h2-4,8-9H,5-6,13H2,1H3/t8-,9+/m0/s1. The number of nitrogens with two attached hydrogens (primary N) is 1. The smallest absolute Gasteiger partial charge is 0.0443 e. The van der Waals surface area contributed by atoms with Crippen LogP contribution in [0.3, 0.4) is 0 Å². The largest absolute Gasteiger partial charge is 0.330 e. The van der Waals surface area contributed by atoms with Gasteiger partial charge in [0.05, 0.1) is 0 Å². The maximum atomic E-state index is 6.15. The first-order valence-corrected chi connectivity index (χ1v) is 5.07. The molecule has 0 saturated heterocycles. The van der Waals surface area contributed by atoms with E-state index in [4.69, 9.17) is 17.3 Å². The molecule has 2 rings (SSSR count). The Morgan fingerprint density at radius 1 is 1.54 bits per heavy atom. The number of halogens is 1. The predicted octanol–water partition coefficient (Wildman–Crippen LogP) is 2.71. The molecule has 2 atom stereocenters. The zero-order valence-electron chi connectivity index (χ0n) is 7.76. The van der Waals surface area contributed by atoms with Crippen molar-refractivity contribution in [3.05, 3.63) is 34.3 Å². The van der Waals surface area contributed by atoms with E-state index in [1.807, 2.05) is 12.1 Å². The molecule has 1 aliphatic carbocycles. The van der Waals surface area contributed by atoms with E-state index in [2.05, 4.69) is 13.0 Å². The first kappa shape index (κ1) is 9.04. The maximum absolute atomic E-state index is 6.15. The fourth-order valence-electron chi connectivity index (χ4n) is 1.98. The van der Waals surface area contributed by atoms with Crippen molar-refractivity contribution in [1.82, 2.24) is 0 Å². The Morgan fingerprint density at radius 3 is 2.85 bits per heavy atom. The van der Waals surface area contributed by atoms with Crippen molar-refractivity contribution < 1.29 is 0 Å². The average Bonchev–Trinajstić information content (AvgIpc) is 2.83. The lowest BCUT2D eigenvalue weighted by Gasteiger charge is -2.06. The zero-order valence-corrected chi connectivity index (χ0v) is 8.51. The minimum absolute atomic E-state index is 0.624. The molecule has 1 aromatic carbocycles. The van der Waals surface area contributed by atoms with Gasteiger partial charge in [-0.3, -0.25) is 0 Å². The van der Waals surface area contributed by atoms with Gasteiger partial charge in [0.15, 0.2) is 0 Å². The third-order valence-electron chi connectivity index (χ3n) is 2.87. The van der Waals surface area contributed by atoms with E-state index in [1.54, 1.807) is 0 Å². The minimum atomic E-state index is 0.624. The highest BCUT2D eigenvalue weighted by Crippen LogP contribution is 2.49. The topological polar surface area (TPSA) is 26.0 Å². The van der Waals surface area contributed by atoms with E-state index < -0.39 is 0 Å². The molecule has 2 heteroatoms. The molecule has 2 N–H and O–H groups in total. The van der Waals surface area contributed by atoms with E-state index in [0.717, 1.165) is 11.6 Å². The molecule has 1 aromatic rings. The summed E-state index contributed by atoms with van der Waals surface area (Å²) in [6.45, 7) is 2.91. The van der Waals surface area contributed by atoms with Gasteiger partial charge in [0.2, 0.25) is 0 Å². The first-order chi connectivity index (χ1) is 6.24. The van der Waals surface area contributed by atoms with E-state index in [0.29, 0.717) is 11.8 Å². The van der Waals surface area contributed by atoms with Gasteiger partial charge in [-0.1, -0.05) is 23.7 Å². The number of aryl methyl sites for hydroxylation is 1. The first-order valence-electron chi connectivity index (χ1n) is 4.69. The molecule has 1 fully saturated rings. The number of benzene rings is 1. The summed E-state index contributed by atoms with van der Waals surface area (Å²) < 4.78 is 0. The van der Waals surface area contributed by atoms with Crippen LogP contribution in [0.15, 0.2) is 18.2 Å². The van der Waals surface area contributed by atoms with Gasteiger partial charge in [0, 0.05) is 5.02 Å². The Bertz CT molecular complexity index is 302. The summed E-state index contributed by atoms with van der Waals surface area (Å²) in [6.07, 6.45) is 1.21. The monoisotopic (exact) mass is 195 g/mol. The number of hydrogen-bond acceptors (Lipinski definition) is 1. The van der Waals surface area contributed by atoms with Crippen molar-refractivity contribution >= 4 is 11.6 Å². The summed E-state index contributed by atoms with van der Waals surface area (Å²) >= 11 is 6.15. The third kappa shape index (κ3) is 1.59. The molecule has 0 unspecified atom stereocenters. The van der Waals surface area contributed by atoms with Crippen LogP contribution in [0.2, 0.25) is 5.02 Å². The fraction of sp³-hybridized carbons (Fsp3) is 0.455. The van der Waals surface area contributed by atoms with Gasteiger partial charge in [-0.05, 0) is 48.9 Å². The SMILES string of the molecule is Cc1cccc(Cl)c1[C@@H]1C[C@H]1CN. The van der Waals surface area contributed by atoms with Gasteiger partial charge in [-0.25, -0.2) is 0 Å². The second kappa shape index (κ2) is 3.32. The van der Waals surface area contributed by atoms with Crippen LogP contribution in [-0.4, -0.2) is 6.54 Å². The summed E-state index contributed by atoms with van der Waals surface area (Å²) in [5.74, 6) is 1.29. The molecular weight excluding hydrogens is 182 g/mol. The molecule has 0 radical (unpaired) electrons. The van der Waals surface area contributed by atoms with Crippen LogP contribution in [-0.2, 0) is 0 Å². The molecular formula is C11H14ClN. The second-order valence-electron chi connectivity index (χ2n) is 3.81. The molecule has 70 valence electrons. The second-order valence-corrected chi connectivity index (χ2v) is 4.22. The van der Waals surface area contributed by atoms with Crippen molar-refractivity contribution in [2.75, 3.05) is 6.54 Å². The molecule has 0 bridgehead atoms. The van der Waals surface area contributed by atoms with E-state index in [9.17, 15) is 0 Å². The van der Waals surface area contributed by atoms with Crippen molar-refractivity contribution in [2.45, 2.75) is 19.3 Å². The summed E-state index contributed by atoms with van der Waals surface area (Å²) in [4.78, 5) is 0. The molecule has 0 amide bonds. The van der Waals surface area contributed by atoms with Crippen molar-refractivity contribution in [1.29, 1.82) is 0 Å². The van der Waals surface area contributed by atoms with Crippen LogP contribution in [0.5, 0.6) is 0 Å². The Balaban J connectivity index is 2.30. The van der Waals surface area contributed by atoms with Gasteiger partial charge >= 0.3 is 0 Å². The third-order valence-corrected chi connectivity index (χ3v) is 3.20. The lowest BCUT2D eigenvalue weighted by atomic mass is 10.0. The molecule has 1 saturated carbocycles. The normalized spacial score (nSPS) is 26.1. The molecule has 13 heavy (non-hydrogen) atoms. The Morgan fingerprint density at radius 2 is 2.31 bits per heavy atom. The van der Waals surface area contributed by atoms with Crippen LogP contribution >= 0.6 is 11.6 Å². The maximum Gasteiger partial charge on any atom is 0.0443 e. The average molecular weight is 196 g/mol. The van der Waals surface area contributed by atoms with E-state index in [-0.39, 0.29) is 0 Å². The van der Waals surface area contributed by atoms with Crippen LogP contribution < -0.4 is 5.73 Å². The van der Waals surface area contributed by atoms with Gasteiger partial charge in [0.1, 0.15) is 0 Å². The predicted molar refractivity (Wildman–Crippen MR) is 56.1 cm³/mol. The van der Waals surface area contributed by atoms with Crippen LogP contribution in [0.1, 0.15) is 23.5 Å². The molecule has 0 spiro atoms. The highest BCUT2D eigenvalue weighted by atomic mass is 35.5. The Hall–Kier alpha value is -0.530. The molecule has 0 aliphatic heterocycles. The molecule has 1 aliphatic rings. The Kier molecular flexibility index (Phi) is 2.31. The van der Waals surface area contributed by atoms with Gasteiger partial charge in [0.25, 0.3) is 0 Å². The minimum Gasteiger partial charge on any atom is -0.330 e. The Labute approximate surface area is 83.9 Å². The lowest BCUT2D eigenvalue weighted by molar-refractivity contribution is 0.807. The fourth-order valence-corrected chi connectivity index (χ4v) is 2.34. The highest BCUT2D eigenvalue weighted by Gasteiger charge is 2.38. The highest BCUT2D eigenvalue weighted by molar-refractivity contribution is 6.31. The molecule has 0 heterocycles. The number of hydrogen-bond donors (Lipinski definition) is 1. The molecule has 0 aromatic heterocycles. The van der Waals surface area contributed by atoms with Gasteiger partial charge in [-0.15, -0.1) is 0 Å². The van der Waals surface area contributed by atoms with E-state index in [1.165, 1.54) is 17.5 Å². The number of rotatable bonds is 2. The summed E-state index contributed by atoms with van der Waals surface area (Å²) in [5, 5.41) is 0.904. The summed E-state index contributed by atoms with van der Waals surface area (Å²) in [6, 6.07) is 6.09.